The van der Waals surface area contributed by atoms with E-state index in [0.717, 1.165) is 25.1 Å². The summed E-state index contributed by atoms with van der Waals surface area (Å²) >= 11 is 5.94. The van der Waals surface area contributed by atoms with Gasteiger partial charge in [-0.05, 0) is 62.1 Å². The number of aryl methyl sites for hydroxylation is 2. The summed E-state index contributed by atoms with van der Waals surface area (Å²) in [5.41, 5.74) is 5.06. The number of rotatable bonds is 6. The van der Waals surface area contributed by atoms with Crippen LogP contribution in [0.2, 0.25) is 5.02 Å². The molecule has 21 heavy (non-hydrogen) atoms. The molecule has 1 aromatic carbocycles. The van der Waals surface area contributed by atoms with E-state index < -0.39 is 0 Å². The molecule has 1 N–H and O–H groups in total. The van der Waals surface area contributed by atoms with Crippen molar-refractivity contribution in [3.05, 3.63) is 63.9 Å². The molecule has 0 radical (unpaired) electrons. The van der Waals surface area contributed by atoms with Gasteiger partial charge in [0.2, 0.25) is 0 Å². The van der Waals surface area contributed by atoms with Crippen LogP contribution in [0, 0.1) is 13.8 Å². The number of benzene rings is 1. The van der Waals surface area contributed by atoms with Crippen molar-refractivity contribution in [2.24, 2.45) is 0 Å². The van der Waals surface area contributed by atoms with Crippen molar-refractivity contribution in [3.8, 4) is 0 Å². The van der Waals surface area contributed by atoms with Gasteiger partial charge in [-0.15, -0.1) is 0 Å². The fraction of sp³-hybridized carbons (Fsp3) is 0.389. The number of nitrogens with zero attached hydrogens (tertiary/aromatic N) is 1. The molecule has 3 heteroatoms. The fourth-order valence-corrected chi connectivity index (χ4v) is 2.47. The molecule has 112 valence electrons. The minimum atomic E-state index is 0.226. The van der Waals surface area contributed by atoms with Crippen molar-refractivity contribution in [3.63, 3.8) is 0 Å². The number of pyridine rings is 1. The van der Waals surface area contributed by atoms with E-state index >= 15 is 0 Å². The molecule has 0 bridgehead atoms. The Morgan fingerprint density at radius 3 is 2.57 bits per heavy atom. The summed E-state index contributed by atoms with van der Waals surface area (Å²) in [5, 5.41) is 4.26. The first-order valence-electron chi connectivity index (χ1n) is 7.51. The average Bonchev–Trinajstić information content (AvgIpc) is 2.48. The number of hydrogen-bond donors (Lipinski definition) is 1. The normalized spacial score (nSPS) is 12.4. The molecule has 0 saturated heterocycles. The zero-order valence-electron chi connectivity index (χ0n) is 13.0. The lowest BCUT2D eigenvalue weighted by Crippen LogP contribution is -2.25. The topological polar surface area (TPSA) is 24.9 Å². The van der Waals surface area contributed by atoms with E-state index in [1.165, 1.54) is 16.7 Å². The molecular weight excluding hydrogens is 280 g/mol. The Morgan fingerprint density at radius 2 is 1.95 bits per heavy atom. The van der Waals surface area contributed by atoms with Crippen LogP contribution in [-0.2, 0) is 6.42 Å². The van der Waals surface area contributed by atoms with Gasteiger partial charge in [-0.2, -0.15) is 0 Å². The van der Waals surface area contributed by atoms with Gasteiger partial charge in [0, 0.05) is 6.20 Å². The molecule has 0 amide bonds. The monoisotopic (exact) mass is 302 g/mol. The third kappa shape index (κ3) is 4.55. The Labute approximate surface area is 132 Å². The van der Waals surface area contributed by atoms with Gasteiger partial charge >= 0.3 is 0 Å². The zero-order chi connectivity index (χ0) is 15.2. The lowest BCUT2D eigenvalue weighted by Gasteiger charge is -2.19. The van der Waals surface area contributed by atoms with Crippen molar-refractivity contribution >= 4 is 11.6 Å². The maximum Gasteiger partial charge on any atom is 0.0589 e. The predicted octanol–water partition coefficient (Wildman–Crippen LogP) is 4.64. The van der Waals surface area contributed by atoms with Crippen molar-refractivity contribution in [2.45, 2.75) is 39.7 Å². The highest BCUT2D eigenvalue weighted by atomic mass is 35.5. The van der Waals surface area contributed by atoms with Crippen LogP contribution in [0.1, 0.15) is 41.8 Å². The molecule has 1 aromatic heterocycles. The summed E-state index contributed by atoms with van der Waals surface area (Å²) in [4.78, 5) is 4.47. The van der Waals surface area contributed by atoms with Crippen molar-refractivity contribution in [2.75, 3.05) is 6.54 Å². The lowest BCUT2D eigenvalue weighted by molar-refractivity contribution is 0.518. The third-order valence-electron chi connectivity index (χ3n) is 3.76. The third-order valence-corrected chi connectivity index (χ3v) is 3.98. The number of hydrogen-bond acceptors (Lipinski definition) is 2. The molecule has 2 nitrogen and oxygen atoms in total. The second-order valence-corrected chi connectivity index (χ2v) is 5.97. The molecule has 0 fully saturated rings. The van der Waals surface area contributed by atoms with Gasteiger partial charge in [0.15, 0.2) is 0 Å². The van der Waals surface area contributed by atoms with Crippen LogP contribution in [-0.4, -0.2) is 11.5 Å². The number of nitrogens with one attached hydrogen (secondary N) is 1. The first-order chi connectivity index (χ1) is 10.1. The van der Waals surface area contributed by atoms with E-state index in [9.17, 15) is 0 Å². The number of aromatic nitrogens is 1. The summed E-state index contributed by atoms with van der Waals surface area (Å²) in [7, 11) is 0. The fourth-order valence-electron chi connectivity index (χ4n) is 2.36. The van der Waals surface area contributed by atoms with Gasteiger partial charge in [-0.1, -0.05) is 36.7 Å². The molecule has 1 unspecified atom stereocenters. The highest BCUT2D eigenvalue weighted by Gasteiger charge is 2.13. The van der Waals surface area contributed by atoms with Crippen LogP contribution in [0.25, 0.3) is 0 Å². The molecule has 1 atom stereocenters. The van der Waals surface area contributed by atoms with Crippen LogP contribution < -0.4 is 5.32 Å². The van der Waals surface area contributed by atoms with E-state index in [1.807, 2.05) is 12.1 Å². The van der Waals surface area contributed by atoms with Crippen LogP contribution in [0.5, 0.6) is 0 Å². The van der Waals surface area contributed by atoms with Gasteiger partial charge in [0.05, 0.1) is 16.8 Å². The average molecular weight is 303 g/mol. The Kier molecular flexibility index (Phi) is 5.77. The van der Waals surface area contributed by atoms with Gasteiger partial charge in [0.25, 0.3) is 0 Å². The molecule has 2 aromatic rings. The summed E-state index contributed by atoms with van der Waals surface area (Å²) < 4.78 is 0. The van der Waals surface area contributed by atoms with Gasteiger partial charge in [-0.25, -0.2) is 0 Å². The van der Waals surface area contributed by atoms with Crippen molar-refractivity contribution < 1.29 is 0 Å². The highest BCUT2D eigenvalue weighted by molar-refractivity contribution is 6.30. The minimum absolute atomic E-state index is 0.226. The maximum atomic E-state index is 5.94. The highest BCUT2D eigenvalue weighted by Crippen LogP contribution is 2.20. The maximum absolute atomic E-state index is 5.94. The Morgan fingerprint density at radius 1 is 1.14 bits per heavy atom. The minimum Gasteiger partial charge on any atom is -0.308 e. The second kappa shape index (κ2) is 7.58. The van der Waals surface area contributed by atoms with E-state index in [0.29, 0.717) is 5.02 Å². The van der Waals surface area contributed by atoms with Crippen LogP contribution in [0.3, 0.4) is 0 Å². The van der Waals surface area contributed by atoms with Crippen LogP contribution in [0.4, 0.5) is 0 Å². The first-order valence-corrected chi connectivity index (χ1v) is 7.89. The molecule has 1 heterocycles. The summed E-state index contributed by atoms with van der Waals surface area (Å²) in [6, 6.07) is 10.8. The summed E-state index contributed by atoms with van der Waals surface area (Å²) in [6.07, 6.45) is 3.77. The molecule has 0 saturated carbocycles. The smallest absolute Gasteiger partial charge is 0.0589 e. The Bertz CT molecular complexity index is 578. The van der Waals surface area contributed by atoms with E-state index in [2.05, 4.69) is 49.3 Å². The molecule has 0 aliphatic carbocycles. The van der Waals surface area contributed by atoms with Crippen LogP contribution >= 0.6 is 11.6 Å². The summed E-state index contributed by atoms with van der Waals surface area (Å²) in [6.45, 7) is 7.47. The largest absolute Gasteiger partial charge is 0.308 e. The molecule has 0 spiro atoms. The SMILES string of the molecule is CCCNC(Cc1ccc(C)c(C)c1)c1ccc(Cl)cn1. The summed E-state index contributed by atoms with van der Waals surface area (Å²) in [5.74, 6) is 0. The second-order valence-electron chi connectivity index (χ2n) is 5.53. The molecule has 0 aliphatic rings. The van der Waals surface area contributed by atoms with Gasteiger partial charge < -0.3 is 5.32 Å². The standard InChI is InChI=1S/C18H23ClN2/c1-4-9-20-18(17-8-7-16(19)12-21-17)11-15-6-5-13(2)14(3)10-15/h5-8,10,12,18,20H,4,9,11H2,1-3H3. The van der Waals surface area contributed by atoms with Gasteiger partial charge in [0.1, 0.15) is 0 Å². The zero-order valence-corrected chi connectivity index (χ0v) is 13.7. The molecule has 2 rings (SSSR count). The van der Waals surface area contributed by atoms with E-state index in [4.69, 9.17) is 11.6 Å². The van der Waals surface area contributed by atoms with E-state index in [-0.39, 0.29) is 6.04 Å². The predicted molar refractivity (Wildman–Crippen MR) is 89.9 cm³/mol. The van der Waals surface area contributed by atoms with Crippen molar-refractivity contribution in [1.29, 1.82) is 0 Å². The van der Waals surface area contributed by atoms with E-state index in [1.54, 1.807) is 6.20 Å². The quantitative estimate of drug-likeness (QED) is 0.841. The molecule has 0 aliphatic heterocycles. The Hall–Kier alpha value is -1.38. The Balaban J connectivity index is 2.19. The lowest BCUT2D eigenvalue weighted by atomic mass is 9.99. The number of halogens is 1. The molecular formula is C18H23ClN2. The van der Waals surface area contributed by atoms with Crippen molar-refractivity contribution in [1.82, 2.24) is 10.3 Å². The van der Waals surface area contributed by atoms with Gasteiger partial charge in [-0.3, -0.25) is 4.98 Å². The first kappa shape index (κ1) is 16.0. The van der Waals surface area contributed by atoms with Crippen LogP contribution in [0.15, 0.2) is 36.5 Å².